The summed E-state index contributed by atoms with van der Waals surface area (Å²) in [5.41, 5.74) is -3.17. The van der Waals surface area contributed by atoms with Gasteiger partial charge < -0.3 is 19.1 Å². The van der Waals surface area contributed by atoms with Crippen LogP contribution in [0.1, 0.15) is 27.0 Å². The van der Waals surface area contributed by atoms with Crippen LogP contribution in [-0.2, 0) is 23.6 Å². The second-order valence-electron chi connectivity index (χ2n) is 8.16. The lowest BCUT2D eigenvalue weighted by Crippen LogP contribution is -2.43. The fourth-order valence-electron chi connectivity index (χ4n) is 3.86. The fraction of sp³-hybridized carbons (Fsp3) is 0.435. The largest absolute Gasteiger partial charge is 0.454 e. The van der Waals surface area contributed by atoms with E-state index in [1.54, 1.807) is 18.2 Å². The van der Waals surface area contributed by atoms with Gasteiger partial charge in [0.1, 0.15) is 0 Å². The predicted molar refractivity (Wildman–Crippen MR) is 111 cm³/mol. The van der Waals surface area contributed by atoms with Crippen LogP contribution in [-0.4, -0.2) is 61.9 Å². The Morgan fingerprint density at radius 3 is 2.14 bits per heavy atom. The zero-order chi connectivity index (χ0) is 25.2. The SMILES string of the molecule is O=C(c1cc(C(F)(F)F)cc(C(F)(F)F)c1)N(CCN1CCOCC1)Cc1ccc2c(c1)OCO2. The highest BCUT2D eigenvalue weighted by Crippen LogP contribution is 2.37. The number of hydrogen-bond donors (Lipinski definition) is 0. The summed E-state index contributed by atoms with van der Waals surface area (Å²) < 4.78 is 95.9. The highest BCUT2D eigenvalue weighted by Gasteiger charge is 2.38. The van der Waals surface area contributed by atoms with Crippen molar-refractivity contribution in [1.29, 1.82) is 0 Å². The number of ether oxygens (including phenoxy) is 3. The van der Waals surface area contributed by atoms with Gasteiger partial charge in [0, 0.05) is 38.3 Å². The Morgan fingerprint density at radius 1 is 0.886 bits per heavy atom. The van der Waals surface area contributed by atoms with Crippen molar-refractivity contribution in [3.05, 3.63) is 58.7 Å². The van der Waals surface area contributed by atoms with Gasteiger partial charge in [-0.2, -0.15) is 26.3 Å². The molecule has 2 aromatic carbocycles. The van der Waals surface area contributed by atoms with Crippen molar-refractivity contribution in [2.45, 2.75) is 18.9 Å². The van der Waals surface area contributed by atoms with E-state index in [9.17, 15) is 31.1 Å². The molecule has 0 atom stereocenters. The number of carbonyl (C=O) groups excluding carboxylic acids is 1. The first kappa shape index (κ1) is 25.1. The summed E-state index contributed by atoms with van der Waals surface area (Å²) in [5, 5.41) is 0. The Hall–Kier alpha value is -2.99. The van der Waals surface area contributed by atoms with Crippen LogP contribution in [0.5, 0.6) is 11.5 Å². The summed E-state index contributed by atoms with van der Waals surface area (Å²) in [4.78, 5) is 16.6. The number of halogens is 6. The molecule has 0 N–H and O–H groups in total. The normalized spacial score (nSPS) is 16.4. The van der Waals surface area contributed by atoms with E-state index in [0.29, 0.717) is 62.0 Å². The number of carbonyl (C=O) groups is 1. The minimum atomic E-state index is -5.05. The van der Waals surface area contributed by atoms with Crippen LogP contribution in [0, 0.1) is 0 Å². The number of hydrogen-bond acceptors (Lipinski definition) is 5. The molecule has 4 rings (SSSR count). The van der Waals surface area contributed by atoms with Crippen molar-refractivity contribution in [2.75, 3.05) is 46.2 Å². The molecule has 1 saturated heterocycles. The van der Waals surface area contributed by atoms with Crippen LogP contribution in [0.3, 0.4) is 0 Å². The van der Waals surface area contributed by atoms with Gasteiger partial charge in [0.15, 0.2) is 11.5 Å². The number of amides is 1. The number of rotatable bonds is 6. The lowest BCUT2D eigenvalue weighted by Gasteiger charge is -2.30. The Bertz CT molecular complexity index is 1030. The molecule has 2 aliphatic heterocycles. The summed E-state index contributed by atoms with van der Waals surface area (Å²) in [7, 11) is 0. The molecule has 2 heterocycles. The summed E-state index contributed by atoms with van der Waals surface area (Å²) in [6.07, 6.45) is -10.1. The third kappa shape index (κ3) is 6.17. The molecule has 2 aromatic rings. The molecule has 0 radical (unpaired) electrons. The summed E-state index contributed by atoms with van der Waals surface area (Å²) in [6.45, 7) is 2.66. The fourth-order valence-corrected chi connectivity index (χ4v) is 3.86. The molecule has 35 heavy (non-hydrogen) atoms. The predicted octanol–water partition coefficient (Wildman–Crippen LogP) is 4.43. The highest BCUT2D eigenvalue weighted by atomic mass is 19.4. The van der Waals surface area contributed by atoms with E-state index >= 15 is 0 Å². The zero-order valence-corrected chi connectivity index (χ0v) is 18.4. The molecule has 0 aromatic heterocycles. The quantitative estimate of drug-likeness (QED) is 0.545. The number of fused-ring (bicyclic) bond motifs is 1. The summed E-state index contributed by atoms with van der Waals surface area (Å²) in [6, 6.07) is 5.85. The zero-order valence-electron chi connectivity index (χ0n) is 18.4. The molecule has 1 amide bonds. The van der Waals surface area contributed by atoms with Crippen LogP contribution in [0.4, 0.5) is 26.3 Å². The third-order valence-corrected chi connectivity index (χ3v) is 5.72. The number of benzene rings is 2. The van der Waals surface area contributed by atoms with Crippen molar-refractivity contribution in [2.24, 2.45) is 0 Å². The lowest BCUT2D eigenvalue weighted by molar-refractivity contribution is -0.143. The molecule has 1 fully saturated rings. The average Bonchev–Trinajstić information content (AvgIpc) is 3.28. The molecule has 2 aliphatic rings. The highest BCUT2D eigenvalue weighted by molar-refractivity contribution is 5.94. The number of morpholine rings is 1. The topological polar surface area (TPSA) is 51.2 Å². The molecular formula is C23H22F6N2O4. The number of nitrogens with zero attached hydrogens (tertiary/aromatic N) is 2. The molecule has 0 spiro atoms. The number of alkyl halides is 6. The molecule has 190 valence electrons. The minimum Gasteiger partial charge on any atom is -0.454 e. The van der Waals surface area contributed by atoms with Gasteiger partial charge in [0.25, 0.3) is 5.91 Å². The molecular weight excluding hydrogens is 482 g/mol. The van der Waals surface area contributed by atoms with Gasteiger partial charge in [0.2, 0.25) is 6.79 Å². The second kappa shape index (κ2) is 9.94. The van der Waals surface area contributed by atoms with E-state index in [1.807, 2.05) is 4.90 Å². The molecule has 0 unspecified atom stereocenters. The monoisotopic (exact) mass is 504 g/mol. The van der Waals surface area contributed by atoms with E-state index in [4.69, 9.17) is 14.2 Å². The summed E-state index contributed by atoms with van der Waals surface area (Å²) in [5.74, 6) is 0.0154. The van der Waals surface area contributed by atoms with Crippen molar-refractivity contribution < 1.29 is 45.3 Å². The lowest BCUT2D eigenvalue weighted by atomic mass is 10.0. The van der Waals surface area contributed by atoms with Gasteiger partial charge in [-0.25, -0.2) is 0 Å². The van der Waals surface area contributed by atoms with Crippen LogP contribution in [0.15, 0.2) is 36.4 Å². The van der Waals surface area contributed by atoms with Gasteiger partial charge in [-0.1, -0.05) is 6.07 Å². The first-order valence-electron chi connectivity index (χ1n) is 10.8. The van der Waals surface area contributed by atoms with Crippen LogP contribution >= 0.6 is 0 Å². The maximum atomic E-state index is 13.3. The Balaban J connectivity index is 1.64. The van der Waals surface area contributed by atoms with Crippen molar-refractivity contribution in [3.63, 3.8) is 0 Å². The van der Waals surface area contributed by atoms with Crippen LogP contribution < -0.4 is 9.47 Å². The van der Waals surface area contributed by atoms with Crippen molar-refractivity contribution in [3.8, 4) is 11.5 Å². The van der Waals surface area contributed by atoms with Gasteiger partial charge in [-0.05, 0) is 35.9 Å². The van der Waals surface area contributed by atoms with E-state index < -0.39 is 35.0 Å². The smallest absolute Gasteiger partial charge is 0.416 e. The maximum absolute atomic E-state index is 13.3. The standard InChI is InChI=1S/C23H22F6N2O4/c24-22(25,26)17-10-16(11-18(12-17)23(27,28)29)21(32)31(4-3-30-5-7-33-8-6-30)13-15-1-2-19-20(9-15)35-14-34-19/h1-2,9-12H,3-8,13-14H2. The first-order valence-corrected chi connectivity index (χ1v) is 10.8. The van der Waals surface area contributed by atoms with E-state index in [1.165, 1.54) is 4.90 Å². The molecule has 0 bridgehead atoms. The van der Waals surface area contributed by atoms with Gasteiger partial charge in [0.05, 0.1) is 24.3 Å². The molecule has 6 nitrogen and oxygen atoms in total. The average molecular weight is 504 g/mol. The molecule has 0 saturated carbocycles. The Morgan fingerprint density at radius 2 is 1.51 bits per heavy atom. The van der Waals surface area contributed by atoms with Gasteiger partial charge >= 0.3 is 12.4 Å². The first-order chi connectivity index (χ1) is 16.5. The second-order valence-corrected chi connectivity index (χ2v) is 8.16. The summed E-state index contributed by atoms with van der Waals surface area (Å²) >= 11 is 0. The molecule has 0 aliphatic carbocycles. The van der Waals surface area contributed by atoms with E-state index in [0.717, 1.165) is 0 Å². The van der Waals surface area contributed by atoms with E-state index in [2.05, 4.69) is 0 Å². The van der Waals surface area contributed by atoms with Crippen molar-refractivity contribution in [1.82, 2.24) is 9.80 Å². The van der Waals surface area contributed by atoms with E-state index in [-0.39, 0.29) is 25.9 Å². The van der Waals surface area contributed by atoms with Gasteiger partial charge in [-0.15, -0.1) is 0 Å². The molecule has 12 heteroatoms. The van der Waals surface area contributed by atoms with Gasteiger partial charge in [-0.3, -0.25) is 9.69 Å². The minimum absolute atomic E-state index is 0.00663. The Labute approximate surface area is 197 Å². The van der Waals surface area contributed by atoms with Crippen molar-refractivity contribution >= 4 is 5.91 Å². The maximum Gasteiger partial charge on any atom is 0.416 e. The van der Waals surface area contributed by atoms with Crippen LogP contribution in [0.25, 0.3) is 0 Å². The Kier molecular flexibility index (Phi) is 7.13. The van der Waals surface area contributed by atoms with Crippen LogP contribution in [0.2, 0.25) is 0 Å². The third-order valence-electron chi connectivity index (χ3n) is 5.72.